The summed E-state index contributed by atoms with van der Waals surface area (Å²) in [6.07, 6.45) is 1.19. The lowest BCUT2D eigenvalue weighted by Gasteiger charge is -2.10. The van der Waals surface area contributed by atoms with Crippen molar-refractivity contribution in [2.45, 2.75) is 12.2 Å². The molecular weight excluding hydrogens is 178 g/mol. The maximum atomic E-state index is 10.9. The fourth-order valence-electron chi connectivity index (χ4n) is 0.479. The summed E-state index contributed by atoms with van der Waals surface area (Å²) in [4.78, 5) is 3.63. The second-order valence-electron chi connectivity index (χ2n) is 2.63. The summed E-state index contributed by atoms with van der Waals surface area (Å²) in [5.41, 5.74) is 5.31. The number of nitrogens with two attached hydrogens (primary N) is 1. The van der Waals surface area contributed by atoms with E-state index in [0.717, 1.165) is 0 Å². The molecule has 1 atom stereocenters. The molecule has 6 heteroatoms. The van der Waals surface area contributed by atoms with E-state index in [1.165, 1.54) is 13.3 Å². The van der Waals surface area contributed by atoms with Crippen LogP contribution in [0, 0.1) is 0 Å². The van der Waals surface area contributed by atoms with Gasteiger partial charge in [-0.05, 0) is 6.92 Å². The lowest BCUT2D eigenvalue weighted by Crippen LogP contribution is -2.38. The molecular formula is C6H15N3O2S. The Labute approximate surface area is 73.0 Å². The molecule has 0 aromatic rings. The predicted molar refractivity (Wildman–Crippen MR) is 49.9 cm³/mol. The van der Waals surface area contributed by atoms with E-state index in [9.17, 15) is 8.42 Å². The number of sulfone groups is 1. The van der Waals surface area contributed by atoms with Crippen LogP contribution in [0.5, 0.6) is 0 Å². The third-order valence-electron chi connectivity index (χ3n) is 1.54. The number of aliphatic imine (C=N–C) groups is 1. The first kappa shape index (κ1) is 11.2. The first-order valence-electron chi connectivity index (χ1n) is 3.53. The van der Waals surface area contributed by atoms with Gasteiger partial charge < -0.3 is 11.1 Å². The predicted octanol–water partition coefficient (Wildman–Crippen LogP) is -1.05. The first-order chi connectivity index (χ1) is 5.38. The van der Waals surface area contributed by atoms with Gasteiger partial charge in [-0.15, -0.1) is 0 Å². The van der Waals surface area contributed by atoms with Gasteiger partial charge in [-0.1, -0.05) is 0 Å². The Balaban J connectivity index is 3.97. The third-order valence-corrected chi connectivity index (χ3v) is 3.17. The minimum Gasteiger partial charge on any atom is -0.370 e. The van der Waals surface area contributed by atoms with Crippen LogP contribution in [-0.2, 0) is 9.84 Å². The summed E-state index contributed by atoms with van der Waals surface area (Å²) in [5, 5.41) is 2.24. The minimum atomic E-state index is -2.98. The summed E-state index contributed by atoms with van der Waals surface area (Å²) < 4.78 is 21.8. The van der Waals surface area contributed by atoms with Gasteiger partial charge in [0.05, 0.1) is 5.25 Å². The highest BCUT2D eigenvalue weighted by molar-refractivity contribution is 7.91. The summed E-state index contributed by atoms with van der Waals surface area (Å²) >= 11 is 0. The maximum Gasteiger partial charge on any atom is 0.188 e. The van der Waals surface area contributed by atoms with Gasteiger partial charge in [0.2, 0.25) is 0 Å². The van der Waals surface area contributed by atoms with Crippen molar-refractivity contribution >= 4 is 15.8 Å². The van der Waals surface area contributed by atoms with E-state index in [1.54, 1.807) is 6.92 Å². The topological polar surface area (TPSA) is 84.5 Å². The van der Waals surface area contributed by atoms with E-state index >= 15 is 0 Å². The molecule has 0 aliphatic carbocycles. The zero-order valence-corrected chi connectivity index (χ0v) is 8.35. The lowest BCUT2D eigenvalue weighted by molar-refractivity contribution is 0.587. The molecule has 0 saturated carbocycles. The molecule has 0 bridgehead atoms. The Hall–Kier alpha value is -0.780. The SMILES string of the molecule is CN=C(N)NCC(C)S(C)(=O)=O. The Kier molecular flexibility index (Phi) is 4.02. The van der Waals surface area contributed by atoms with E-state index in [4.69, 9.17) is 5.73 Å². The largest absolute Gasteiger partial charge is 0.370 e. The van der Waals surface area contributed by atoms with Gasteiger partial charge >= 0.3 is 0 Å². The Morgan fingerprint density at radius 2 is 2.17 bits per heavy atom. The summed E-state index contributed by atoms with van der Waals surface area (Å²) in [6, 6.07) is 0. The average Bonchev–Trinajstić information content (AvgIpc) is 1.97. The van der Waals surface area contributed by atoms with Gasteiger partial charge in [-0.3, -0.25) is 4.99 Å². The molecule has 5 nitrogen and oxygen atoms in total. The monoisotopic (exact) mass is 193 g/mol. The fraction of sp³-hybridized carbons (Fsp3) is 0.833. The van der Waals surface area contributed by atoms with Crippen molar-refractivity contribution in [1.82, 2.24) is 5.32 Å². The summed E-state index contributed by atoms with van der Waals surface area (Å²) in [7, 11) is -1.44. The van der Waals surface area contributed by atoms with Crippen molar-refractivity contribution in [3.8, 4) is 0 Å². The number of nitrogens with one attached hydrogen (secondary N) is 1. The zero-order valence-electron chi connectivity index (χ0n) is 7.53. The van der Waals surface area contributed by atoms with Crippen LogP contribution in [0.2, 0.25) is 0 Å². The molecule has 0 heterocycles. The van der Waals surface area contributed by atoms with Crippen molar-refractivity contribution in [2.24, 2.45) is 10.7 Å². The normalized spacial score (nSPS) is 15.8. The smallest absolute Gasteiger partial charge is 0.188 e. The molecule has 0 saturated heterocycles. The Morgan fingerprint density at radius 1 is 1.67 bits per heavy atom. The van der Waals surface area contributed by atoms with Gasteiger partial charge in [-0.25, -0.2) is 8.42 Å². The van der Waals surface area contributed by atoms with Crippen LogP contribution in [0.3, 0.4) is 0 Å². The Bertz CT molecular complexity index is 258. The molecule has 12 heavy (non-hydrogen) atoms. The number of hydrogen-bond donors (Lipinski definition) is 2. The maximum absolute atomic E-state index is 10.9. The van der Waals surface area contributed by atoms with E-state index in [1.807, 2.05) is 0 Å². The van der Waals surface area contributed by atoms with Crippen LogP contribution in [0.15, 0.2) is 4.99 Å². The van der Waals surface area contributed by atoms with Crippen molar-refractivity contribution in [3.05, 3.63) is 0 Å². The molecule has 0 radical (unpaired) electrons. The van der Waals surface area contributed by atoms with Crippen LogP contribution in [0.1, 0.15) is 6.92 Å². The third kappa shape index (κ3) is 4.17. The lowest BCUT2D eigenvalue weighted by atomic mass is 10.5. The summed E-state index contributed by atoms with van der Waals surface area (Å²) in [5.74, 6) is 0.255. The van der Waals surface area contributed by atoms with Gasteiger partial charge in [0.15, 0.2) is 15.8 Å². The quantitative estimate of drug-likeness (QED) is 0.442. The highest BCUT2D eigenvalue weighted by Gasteiger charge is 2.13. The van der Waals surface area contributed by atoms with Crippen LogP contribution in [-0.4, -0.2) is 39.5 Å². The number of hydrogen-bond acceptors (Lipinski definition) is 3. The molecule has 0 aliphatic heterocycles. The highest BCUT2D eigenvalue weighted by Crippen LogP contribution is 1.94. The molecule has 3 N–H and O–H groups in total. The van der Waals surface area contributed by atoms with Gasteiger partial charge in [0, 0.05) is 19.8 Å². The van der Waals surface area contributed by atoms with Crippen LogP contribution < -0.4 is 11.1 Å². The minimum absolute atomic E-state index is 0.255. The number of guanidine groups is 1. The number of nitrogens with zero attached hydrogens (tertiary/aromatic N) is 1. The van der Waals surface area contributed by atoms with Gasteiger partial charge in [-0.2, -0.15) is 0 Å². The van der Waals surface area contributed by atoms with Gasteiger partial charge in [0.1, 0.15) is 0 Å². The zero-order chi connectivity index (χ0) is 9.78. The fourth-order valence-corrected chi connectivity index (χ4v) is 0.865. The molecule has 0 aromatic carbocycles. The molecule has 0 amide bonds. The first-order valence-corrected chi connectivity index (χ1v) is 5.48. The van der Waals surface area contributed by atoms with E-state index in [2.05, 4.69) is 10.3 Å². The molecule has 0 fully saturated rings. The molecule has 0 spiro atoms. The van der Waals surface area contributed by atoms with Crippen molar-refractivity contribution in [2.75, 3.05) is 19.8 Å². The molecule has 0 aliphatic rings. The van der Waals surface area contributed by atoms with Crippen LogP contribution in [0.4, 0.5) is 0 Å². The molecule has 1 unspecified atom stereocenters. The second kappa shape index (κ2) is 4.30. The second-order valence-corrected chi connectivity index (χ2v) is 5.09. The van der Waals surface area contributed by atoms with Crippen LogP contribution >= 0.6 is 0 Å². The molecule has 72 valence electrons. The molecule has 0 aromatic heterocycles. The van der Waals surface area contributed by atoms with Crippen molar-refractivity contribution in [1.29, 1.82) is 0 Å². The van der Waals surface area contributed by atoms with Crippen molar-refractivity contribution < 1.29 is 8.42 Å². The van der Waals surface area contributed by atoms with Crippen molar-refractivity contribution in [3.63, 3.8) is 0 Å². The van der Waals surface area contributed by atoms with E-state index in [-0.39, 0.29) is 5.96 Å². The standard InChI is InChI=1S/C6H15N3O2S/c1-5(12(3,10)11)4-9-6(7)8-2/h5H,4H2,1-3H3,(H3,7,8,9). The van der Waals surface area contributed by atoms with E-state index in [0.29, 0.717) is 6.54 Å². The van der Waals surface area contributed by atoms with Gasteiger partial charge in [0.25, 0.3) is 0 Å². The average molecular weight is 193 g/mol. The Morgan fingerprint density at radius 3 is 2.50 bits per heavy atom. The summed E-state index contributed by atoms with van der Waals surface area (Å²) in [6.45, 7) is 1.91. The van der Waals surface area contributed by atoms with Crippen LogP contribution in [0.25, 0.3) is 0 Å². The highest BCUT2D eigenvalue weighted by atomic mass is 32.2. The molecule has 0 rings (SSSR count). The van der Waals surface area contributed by atoms with E-state index < -0.39 is 15.1 Å². The number of rotatable bonds is 3.